The van der Waals surface area contributed by atoms with Crippen LogP contribution in [0.15, 0.2) is 108 Å². The molecule has 0 bridgehead atoms. The second kappa shape index (κ2) is 15.2. The molecule has 45 heavy (non-hydrogen) atoms. The van der Waals surface area contributed by atoms with Gasteiger partial charge in [-0.05, 0) is 73.7 Å². The van der Waals surface area contributed by atoms with Crippen molar-refractivity contribution in [1.29, 1.82) is 0 Å². The van der Waals surface area contributed by atoms with Crippen LogP contribution in [0.25, 0.3) is 0 Å². The molecular formula is C36H40ClN3O4S. The van der Waals surface area contributed by atoms with Crippen molar-refractivity contribution < 1.29 is 18.0 Å². The summed E-state index contributed by atoms with van der Waals surface area (Å²) in [6, 6.07) is 29.0. The molecule has 1 N–H and O–H groups in total. The Balaban J connectivity index is 1.83. The lowest BCUT2D eigenvalue weighted by molar-refractivity contribution is -0.140. The number of halogens is 1. The van der Waals surface area contributed by atoms with Crippen LogP contribution in [0.4, 0.5) is 5.69 Å². The van der Waals surface area contributed by atoms with Crippen molar-refractivity contribution in [3.63, 3.8) is 0 Å². The highest BCUT2D eigenvalue weighted by molar-refractivity contribution is 7.92. The van der Waals surface area contributed by atoms with E-state index < -0.39 is 28.5 Å². The molecule has 2 amide bonds. The molecule has 0 spiro atoms. The standard InChI is InChI=1S/C36H40ClN3O4S/c1-5-28(4)38-36(42)34(22-29-15-8-6-9-16-29)39(24-30-17-13-12-14-26(30)2)35(41)25-40(31-21-20-27(3)33(37)23-31)45(43,44)32-18-10-7-11-19-32/h6-21,23,28,34H,5,22,24-25H2,1-4H3,(H,38,42)/t28-,34-/m1/s1. The van der Waals surface area contributed by atoms with Gasteiger partial charge in [-0.25, -0.2) is 8.42 Å². The van der Waals surface area contributed by atoms with E-state index in [9.17, 15) is 18.0 Å². The van der Waals surface area contributed by atoms with E-state index in [1.807, 2.05) is 82.3 Å². The summed E-state index contributed by atoms with van der Waals surface area (Å²) in [5.74, 6) is -0.819. The Hall–Kier alpha value is -4.14. The third-order valence-electron chi connectivity index (χ3n) is 7.93. The fourth-order valence-electron chi connectivity index (χ4n) is 4.95. The highest BCUT2D eigenvalue weighted by atomic mass is 35.5. The molecule has 4 aromatic rings. The van der Waals surface area contributed by atoms with Crippen LogP contribution >= 0.6 is 11.6 Å². The number of hydrogen-bond acceptors (Lipinski definition) is 4. The maximum atomic E-state index is 14.6. The zero-order chi connectivity index (χ0) is 32.6. The number of carbonyl (C=O) groups excluding carboxylic acids is 2. The number of rotatable bonds is 13. The summed E-state index contributed by atoms with van der Waals surface area (Å²) in [5, 5.41) is 3.43. The van der Waals surface area contributed by atoms with E-state index in [-0.39, 0.29) is 35.5 Å². The summed E-state index contributed by atoms with van der Waals surface area (Å²) >= 11 is 6.45. The van der Waals surface area contributed by atoms with Crippen molar-refractivity contribution in [3.05, 3.63) is 130 Å². The molecule has 4 rings (SSSR count). The predicted molar refractivity (Wildman–Crippen MR) is 181 cm³/mol. The molecule has 236 valence electrons. The number of benzene rings is 4. The SMILES string of the molecule is CC[C@@H](C)NC(=O)[C@@H](Cc1ccccc1)N(Cc1ccccc1C)C(=O)CN(c1ccc(C)c(Cl)c1)S(=O)(=O)c1ccccc1. The van der Waals surface area contributed by atoms with Crippen LogP contribution in [-0.2, 0) is 32.6 Å². The van der Waals surface area contributed by atoms with Crippen LogP contribution < -0.4 is 9.62 Å². The Labute approximate surface area is 271 Å². The molecule has 0 fully saturated rings. The maximum absolute atomic E-state index is 14.6. The summed E-state index contributed by atoms with van der Waals surface area (Å²) in [7, 11) is -4.19. The van der Waals surface area contributed by atoms with Crippen molar-refractivity contribution >= 4 is 39.1 Å². The summed E-state index contributed by atoms with van der Waals surface area (Å²) in [6.07, 6.45) is 0.968. The molecule has 0 aliphatic carbocycles. The number of amides is 2. The normalized spacial score (nSPS) is 12.6. The second-order valence-corrected chi connectivity index (χ2v) is 13.5. The first-order valence-corrected chi connectivity index (χ1v) is 16.8. The molecule has 0 unspecified atom stereocenters. The van der Waals surface area contributed by atoms with Crippen molar-refractivity contribution in [1.82, 2.24) is 10.2 Å². The fraction of sp³-hybridized carbons (Fsp3) is 0.278. The maximum Gasteiger partial charge on any atom is 0.264 e. The minimum Gasteiger partial charge on any atom is -0.352 e. The summed E-state index contributed by atoms with van der Waals surface area (Å²) in [5.41, 5.74) is 3.71. The van der Waals surface area contributed by atoms with Gasteiger partial charge in [0.1, 0.15) is 12.6 Å². The van der Waals surface area contributed by atoms with E-state index in [1.165, 1.54) is 17.0 Å². The van der Waals surface area contributed by atoms with E-state index >= 15 is 0 Å². The summed E-state index contributed by atoms with van der Waals surface area (Å²) in [6.45, 7) is 7.24. The average molecular weight is 646 g/mol. The molecule has 0 aliphatic rings. The second-order valence-electron chi connectivity index (χ2n) is 11.2. The molecule has 9 heteroatoms. The zero-order valence-electron chi connectivity index (χ0n) is 26.1. The van der Waals surface area contributed by atoms with E-state index in [4.69, 9.17) is 11.6 Å². The minimum absolute atomic E-state index is 0.0373. The summed E-state index contributed by atoms with van der Waals surface area (Å²) in [4.78, 5) is 30.1. The number of nitrogens with one attached hydrogen (secondary N) is 1. The Kier molecular flexibility index (Phi) is 11.4. The topological polar surface area (TPSA) is 86.8 Å². The van der Waals surface area contributed by atoms with Crippen molar-refractivity contribution in [3.8, 4) is 0 Å². The van der Waals surface area contributed by atoms with E-state index in [1.54, 1.807) is 36.4 Å². The van der Waals surface area contributed by atoms with Gasteiger partial charge in [0, 0.05) is 24.0 Å². The predicted octanol–water partition coefficient (Wildman–Crippen LogP) is 6.71. The zero-order valence-corrected chi connectivity index (χ0v) is 27.7. The number of nitrogens with zero attached hydrogens (tertiary/aromatic N) is 2. The molecule has 0 radical (unpaired) electrons. The van der Waals surface area contributed by atoms with Gasteiger partial charge in [-0.2, -0.15) is 0 Å². The Morgan fingerprint density at radius 1 is 0.844 bits per heavy atom. The van der Waals surface area contributed by atoms with Gasteiger partial charge >= 0.3 is 0 Å². The van der Waals surface area contributed by atoms with Gasteiger partial charge in [-0.1, -0.05) is 97.4 Å². The average Bonchev–Trinajstić information content (AvgIpc) is 3.04. The molecule has 0 heterocycles. The van der Waals surface area contributed by atoms with Crippen LogP contribution in [-0.4, -0.2) is 43.8 Å². The van der Waals surface area contributed by atoms with Crippen molar-refractivity contribution in [2.24, 2.45) is 0 Å². The van der Waals surface area contributed by atoms with Crippen LogP contribution in [0.5, 0.6) is 0 Å². The number of hydrogen-bond donors (Lipinski definition) is 1. The highest BCUT2D eigenvalue weighted by Crippen LogP contribution is 2.29. The first-order chi connectivity index (χ1) is 21.5. The molecule has 0 saturated heterocycles. The van der Waals surface area contributed by atoms with Crippen molar-refractivity contribution in [2.45, 2.75) is 64.1 Å². The molecular weight excluding hydrogens is 606 g/mol. The molecule has 0 saturated carbocycles. The molecule has 0 aromatic heterocycles. The fourth-order valence-corrected chi connectivity index (χ4v) is 6.55. The highest BCUT2D eigenvalue weighted by Gasteiger charge is 2.35. The lowest BCUT2D eigenvalue weighted by Gasteiger charge is -2.34. The van der Waals surface area contributed by atoms with Gasteiger partial charge in [0.15, 0.2) is 0 Å². The first kappa shape index (κ1) is 33.7. The smallest absolute Gasteiger partial charge is 0.264 e. The van der Waals surface area contributed by atoms with E-state index in [2.05, 4.69) is 5.32 Å². The van der Waals surface area contributed by atoms with Crippen LogP contribution in [0.2, 0.25) is 5.02 Å². The Bertz CT molecular complexity index is 1720. The van der Waals surface area contributed by atoms with Crippen molar-refractivity contribution in [2.75, 3.05) is 10.8 Å². The third kappa shape index (κ3) is 8.53. The van der Waals surface area contributed by atoms with Gasteiger partial charge in [-0.15, -0.1) is 0 Å². The lowest BCUT2D eigenvalue weighted by atomic mass is 10.0. The van der Waals surface area contributed by atoms with Gasteiger partial charge < -0.3 is 10.2 Å². The number of anilines is 1. The largest absolute Gasteiger partial charge is 0.352 e. The number of aryl methyl sites for hydroxylation is 2. The minimum atomic E-state index is -4.19. The van der Waals surface area contributed by atoms with Gasteiger partial charge in [0.2, 0.25) is 11.8 Å². The molecule has 4 aromatic carbocycles. The summed E-state index contributed by atoms with van der Waals surface area (Å²) < 4.78 is 29.3. The van der Waals surface area contributed by atoms with Crippen LogP contribution in [0.1, 0.15) is 42.5 Å². The molecule has 2 atom stereocenters. The quantitative estimate of drug-likeness (QED) is 0.175. The first-order valence-electron chi connectivity index (χ1n) is 15.0. The van der Waals surface area contributed by atoms with Crippen LogP contribution in [0, 0.1) is 13.8 Å². The van der Waals surface area contributed by atoms with Crippen LogP contribution in [0.3, 0.4) is 0 Å². The van der Waals surface area contributed by atoms with Gasteiger partial charge in [0.05, 0.1) is 10.6 Å². The monoisotopic (exact) mass is 645 g/mol. The van der Waals surface area contributed by atoms with Gasteiger partial charge in [-0.3, -0.25) is 13.9 Å². The molecule has 7 nitrogen and oxygen atoms in total. The lowest BCUT2D eigenvalue weighted by Crippen LogP contribution is -2.54. The molecule has 0 aliphatic heterocycles. The Morgan fingerprint density at radius 2 is 1.47 bits per heavy atom. The van der Waals surface area contributed by atoms with E-state index in [0.29, 0.717) is 11.4 Å². The Morgan fingerprint density at radius 3 is 2.09 bits per heavy atom. The number of sulfonamides is 1. The van der Waals surface area contributed by atoms with Gasteiger partial charge in [0.25, 0.3) is 10.0 Å². The third-order valence-corrected chi connectivity index (χ3v) is 10.1. The number of carbonyl (C=O) groups is 2. The van der Waals surface area contributed by atoms with E-state index in [0.717, 1.165) is 26.6 Å².